The van der Waals surface area contributed by atoms with Crippen LogP contribution < -0.4 is 21.5 Å². The molecule has 0 saturated carbocycles. The fourth-order valence-corrected chi connectivity index (χ4v) is 3.29. The molecule has 0 saturated heterocycles. The van der Waals surface area contributed by atoms with Crippen LogP contribution in [-0.4, -0.2) is 52.0 Å². The molecule has 36 heavy (non-hydrogen) atoms. The first-order chi connectivity index (χ1) is 17.2. The maximum absolute atomic E-state index is 13.3. The number of nitrogens with one attached hydrogen (secondary N) is 2. The van der Waals surface area contributed by atoms with Crippen molar-refractivity contribution in [2.45, 2.75) is 12.8 Å². The molecule has 3 rings (SSSR count). The fraction of sp³-hybridized carbons (Fsp3) is 0.182. The zero-order chi connectivity index (χ0) is 26.4. The van der Waals surface area contributed by atoms with Crippen LogP contribution in [0, 0.1) is 10.1 Å². The van der Waals surface area contributed by atoms with Gasteiger partial charge in [0.25, 0.3) is 17.2 Å². The zero-order valence-electron chi connectivity index (χ0n) is 19.0. The van der Waals surface area contributed by atoms with Crippen LogP contribution in [0.2, 0.25) is 0 Å². The Morgan fingerprint density at radius 1 is 1.25 bits per heavy atom. The quantitative estimate of drug-likeness (QED) is 0.0955. The number of hydrogen-bond donors (Lipinski definition) is 3. The van der Waals surface area contributed by atoms with Crippen LogP contribution >= 0.6 is 0 Å². The minimum Gasteiger partial charge on any atom is -0.492 e. The third-order valence-corrected chi connectivity index (χ3v) is 4.91. The van der Waals surface area contributed by atoms with Crippen molar-refractivity contribution in [1.29, 1.82) is 0 Å². The van der Waals surface area contributed by atoms with Gasteiger partial charge < -0.3 is 25.6 Å². The molecular formula is C22H20N6O8. The lowest BCUT2D eigenvalue weighted by Gasteiger charge is -2.16. The highest BCUT2D eigenvalue weighted by Crippen LogP contribution is 2.25. The van der Waals surface area contributed by atoms with Crippen molar-refractivity contribution in [2.24, 2.45) is 10.9 Å². The Morgan fingerprint density at radius 2 is 1.97 bits per heavy atom. The number of methoxy groups -OCH3 is 1. The summed E-state index contributed by atoms with van der Waals surface area (Å²) in [7, 11) is 0.991. The third kappa shape index (κ3) is 5.16. The summed E-state index contributed by atoms with van der Waals surface area (Å²) < 4.78 is 10.0. The Bertz CT molecular complexity index is 1450. The van der Waals surface area contributed by atoms with E-state index in [0.717, 1.165) is 19.2 Å². The number of H-pyrrole nitrogens is 1. The van der Waals surface area contributed by atoms with Gasteiger partial charge in [-0.3, -0.25) is 24.5 Å². The number of carbonyl (C=O) groups is 3. The van der Waals surface area contributed by atoms with E-state index in [-0.39, 0.29) is 34.8 Å². The van der Waals surface area contributed by atoms with Crippen molar-refractivity contribution in [2.75, 3.05) is 19.0 Å². The number of fused-ring (bicyclic) bond motifs is 1. The molecule has 4 N–H and O–H groups in total. The van der Waals surface area contributed by atoms with Crippen LogP contribution in [0.1, 0.15) is 18.5 Å². The Kier molecular flexibility index (Phi) is 7.69. The summed E-state index contributed by atoms with van der Waals surface area (Å²) in [5.41, 5.74) is -2.48. The van der Waals surface area contributed by atoms with Crippen molar-refractivity contribution in [3.05, 3.63) is 68.6 Å². The Morgan fingerprint density at radius 3 is 2.61 bits per heavy atom. The second-order valence-corrected chi connectivity index (χ2v) is 7.10. The van der Waals surface area contributed by atoms with E-state index >= 15 is 0 Å². The lowest BCUT2D eigenvalue weighted by atomic mass is 9.93. The molecule has 0 bridgehead atoms. The van der Waals surface area contributed by atoms with E-state index in [1.165, 1.54) is 12.1 Å². The van der Waals surface area contributed by atoms with Crippen molar-refractivity contribution >= 4 is 45.8 Å². The highest BCUT2D eigenvalue weighted by Gasteiger charge is 2.39. The number of esters is 1. The van der Waals surface area contributed by atoms with Gasteiger partial charge in [0.05, 0.1) is 35.4 Å². The second-order valence-electron chi connectivity index (χ2n) is 7.10. The summed E-state index contributed by atoms with van der Waals surface area (Å²) in [5, 5.41) is 16.7. The summed E-state index contributed by atoms with van der Waals surface area (Å²) in [4.78, 5) is 68.2. The predicted molar refractivity (Wildman–Crippen MR) is 127 cm³/mol. The van der Waals surface area contributed by atoms with E-state index in [0.29, 0.717) is 0 Å². The van der Waals surface area contributed by atoms with Gasteiger partial charge in [-0.25, -0.2) is 9.78 Å². The van der Waals surface area contributed by atoms with E-state index in [2.05, 4.69) is 25.1 Å². The molecule has 186 valence electrons. The maximum atomic E-state index is 13.3. The number of carbonyl (C=O) groups excluding carboxylic acids is 3. The van der Waals surface area contributed by atoms with Gasteiger partial charge in [0, 0.05) is 12.1 Å². The SMILES string of the molecule is CCOc1ccccc1NC(=O)C(=O)[C@@H](/C(=N\N)C(=O)OC)c1nc2ccc([N+](=O)[O-])cc2[nH]c1=O. The fourth-order valence-electron chi connectivity index (χ4n) is 3.29. The average Bonchev–Trinajstić information content (AvgIpc) is 2.87. The Balaban J connectivity index is 2.11. The number of Topliss-reactive ketones (excluding diaryl/α,β-unsaturated/α-hetero) is 1. The van der Waals surface area contributed by atoms with Gasteiger partial charge in [0.15, 0.2) is 5.71 Å². The van der Waals surface area contributed by atoms with Crippen molar-refractivity contribution in [3.63, 3.8) is 0 Å². The van der Waals surface area contributed by atoms with E-state index in [1.54, 1.807) is 25.1 Å². The van der Waals surface area contributed by atoms with E-state index < -0.39 is 45.5 Å². The third-order valence-electron chi connectivity index (χ3n) is 4.91. The van der Waals surface area contributed by atoms with Crippen LogP contribution in [0.3, 0.4) is 0 Å². The average molecular weight is 496 g/mol. The summed E-state index contributed by atoms with van der Waals surface area (Å²) in [6.45, 7) is 2.01. The molecule has 3 aromatic rings. The number of ether oxygens (including phenoxy) is 2. The lowest BCUT2D eigenvalue weighted by molar-refractivity contribution is -0.384. The number of aromatic amines is 1. The first-order valence-electron chi connectivity index (χ1n) is 10.3. The summed E-state index contributed by atoms with van der Waals surface area (Å²) >= 11 is 0. The van der Waals surface area contributed by atoms with Crippen LogP contribution in [0.25, 0.3) is 11.0 Å². The van der Waals surface area contributed by atoms with E-state index in [9.17, 15) is 29.3 Å². The van der Waals surface area contributed by atoms with Gasteiger partial charge >= 0.3 is 5.97 Å². The van der Waals surface area contributed by atoms with Crippen LogP contribution in [0.4, 0.5) is 11.4 Å². The number of benzene rings is 2. The maximum Gasteiger partial charge on any atom is 0.355 e. The number of amides is 1. The monoisotopic (exact) mass is 496 g/mol. The number of aromatic nitrogens is 2. The first kappa shape index (κ1) is 25.5. The molecule has 2 aromatic carbocycles. The van der Waals surface area contributed by atoms with Crippen molar-refractivity contribution in [1.82, 2.24) is 9.97 Å². The second kappa shape index (κ2) is 10.9. The smallest absolute Gasteiger partial charge is 0.355 e. The van der Waals surface area contributed by atoms with E-state index in [4.69, 9.17) is 10.6 Å². The Labute approximate surface area is 202 Å². The van der Waals surface area contributed by atoms with Gasteiger partial charge in [0.2, 0.25) is 5.78 Å². The molecule has 0 aliphatic carbocycles. The number of nitrogens with two attached hydrogens (primary N) is 1. The molecule has 0 fully saturated rings. The topological polar surface area (TPSA) is 209 Å². The van der Waals surface area contributed by atoms with Gasteiger partial charge in [-0.1, -0.05) is 12.1 Å². The zero-order valence-corrected chi connectivity index (χ0v) is 19.0. The number of anilines is 1. The normalized spacial score (nSPS) is 12.0. The molecule has 14 heteroatoms. The Hall–Kier alpha value is -5.14. The van der Waals surface area contributed by atoms with Gasteiger partial charge in [-0.15, -0.1) is 0 Å². The number of rotatable bonds is 9. The van der Waals surface area contributed by atoms with Gasteiger partial charge in [-0.05, 0) is 25.1 Å². The molecule has 0 unspecified atom stereocenters. The first-order valence-corrected chi connectivity index (χ1v) is 10.3. The van der Waals surface area contributed by atoms with Crippen LogP contribution in [0.5, 0.6) is 5.75 Å². The minimum atomic E-state index is -1.95. The number of ketones is 1. The van der Waals surface area contributed by atoms with Crippen LogP contribution in [-0.2, 0) is 19.1 Å². The van der Waals surface area contributed by atoms with Crippen molar-refractivity contribution in [3.8, 4) is 5.75 Å². The molecule has 0 aliphatic heterocycles. The number of nitro benzene ring substituents is 1. The molecule has 0 spiro atoms. The predicted octanol–water partition coefficient (Wildman–Crippen LogP) is 1.01. The minimum absolute atomic E-state index is 0.0106. The highest BCUT2D eigenvalue weighted by atomic mass is 16.6. The lowest BCUT2D eigenvalue weighted by Crippen LogP contribution is -2.40. The molecule has 1 amide bonds. The molecule has 1 aromatic heterocycles. The van der Waals surface area contributed by atoms with Gasteiger partial charge in [0.1, 0.15) is 17.4 Å². The molecule has 14 nitrogen and oxygen atoms in total. The van der Waals surface area contributed by atoms with Crippen molar-refractivity contribution < 1.29 is 28.8 Å². The molecule has 0 aliphatic rings. The number of para-hydroxylation sites is 2. The number of nitrogens with zero attached hydrogens (tertiary/aromatic N) is 3. The number of hydrogen-bond acceptors (Lipinski definition) is 11. The summed E-state index contributed by atoms with van der Waals surface area (Å²) in [6.07, 6.45) is 0. The molecular weight excluding hydrogens is 476 g/mol. The number of nitro groups is 1. The standard InChI is InChI=1S/C22H20N6O8/c1-3-36-15-7-5-4-6-13(15)25-21(31)19(29)16(18(27-23)22(32)35-2)17-20(30)26-14-10-11(28(33)34)8-9-12(14)24-17/h4-10,16H,3,23H2,1-2H3,(H,25,31)(H,26,30)/b27-18+/t16-/m1/s1. The van der Waals surface area contributed by atoms with Crippen LogP contribution in [0.15, 0.2) is 52.4 Å². The van der Waals surface area contributed by atoms with Gasteiger partial charge in [-0.2, -0.15) is 5.10 Å². The van der Waals surface area contributed by atoms with E-state index in [1.807, 2.05) is 0 Å². The summed E-state index contributed by atoms with van der Waals surface area (Å²) in [5.74, 6) is -0.0423. The molecule has 0 radical (unpaired) electrons. The molecule has 1 atom stereocenters. The highest BCUT2D eigenvalue weighted by molar-refractivity contribution is 6.53. The molecule has 1 heterocycles. The number of non-ortho nitro benzene ring substituents is 1. The number of hydrazone groups is 1. The largest absolute Gasteiger partial charge is 0.492 e. The summed E-state index contributed by atoms with van der Waals surface area (Å²) in [6, 6.07) is 9.73.